The Hall–Kier alpha value is -1.15. The summed E-state index contributed by atoms with van der Waals surface area (Å²) in [4.78, 5) is 9.80. The molecule has 25 heavy (non-hydrogen) atoms. The molecule has 0 saturated heterocycles. The maximum atomic E-state index is 4.31. The van der Waals surface area contributed by atoms with Crippen molar-refractivity contribution < 1.29 is 0 Å². The number of nitrogens with one attached hydrogen (secondary N) is 2. The quantitative estimate of drug-likeness (QED) is 0.364. The third kappa shape index (κ3) is 7.32. The molecule has 0 radical (unpaired) electrons. The molecule has 2 aromatic rings. The van der Waals surface area contributed by atoms with Gasteiger partial charge in [0.05, 0.1) is 17.6 Å². The van der Waals surface area contributed by atoms with Crippen molar-refractivity contribution in [2.45, 2.75) is 46.7 Å². The maximum absolute atomic E-state index is 4.31. The van der Waals surface area contributed by atoms with E-state index >= 15 is 0 Å². The van der Waals surface area contributed by atoms with Crippen LogP contribution in [-0.2, 0) is 13.0 Å². The van der Waals surface area contributed by atoms with Crippen LogP contribution in [0, 0.1) is 12.8 Å². The van der Waals surface area contributed by atoms with Crippen LogP contribution in [0.2, 0.25) is 0 Å². The van der Waals surface area contributed by atoms with Gasteiger partial charge in [-0.3, -0.25) is 4.99 Å². The van der Waals surface area contributed by atoms with Crippen LogP contribution in [0.4, 0.5) is 0 Å². The van der Waals surface area contributed by atoms with Crippen molar-refractivity contribution in [2.24, 2.45) is 10.9 Å². The highest BCUT2D eigenvalue weighted by Gasteiger charge is 2.09. The smallest absolute Gasteiger partial charge is 0.191 e. The van der Waals surface area contributed by atoms with Crippen LogP contribution < -0.4 is 10.6 Å². The molecule has 0 fully saturated rings. The average Bonchev–Trinajstić information content (AvgIpc) is 2.96. The summed E-state index contributed by atoms with van der Waals surface area (Å²) >= 11 is 1.71. The van der Waals surface area contributed by atoms with E-state index in [1.807, 2.05) is 13.1 Å². The zero-order valence-electron chi connectivity index (χ0n) is 15.7. The summed E-state index contributed by atoms with van der Waals surface area (Å²) in [5.41, 5.74) is 2.66. The van der Waals surface area contributed by atoms with E-state index < -0.39 is 0 Å². The largest absolute Gasteiger partial charge is 0.351 e. The number of aromatic nitrogens is 1. The molecule has 1 aromatic heterocycles. The number of guanidine groups is 1. The standard InChI is InChI=1S/C19H28N4S.HI/c1-13(2)10-16-6-8-17(9-7-16)14(3)23-19(20-5)22-12-18-11-21-15(4)24-18;/h6-9,11,13-14H,10,12H2,1-5H3,(H2,20,22,23);1H. The number of benzene rings is 1. The fourth-order valence-corrected chi connectivity index (χ4v) is 3.29. The Bertz CT molecular complexity index is 664. The van der Waals surface area contributed by atoms with Crippen molar-refractivity contribution in [1.82, 2.24) is 15.6 Å². The summed E-state index contributed by atoms with van der Waals surface area (Å²) in [6, 6.07) is 9.06. The van der Waals surface area contributed by atoms with E-state index in [9.17, 15) is 0 Å². The van der Waals surface area contributed by atoms with Crippen molar-refractivity contribution in [1.29, 1.82) is 0 Å². The number of thiazole rings is 1. The number of halogens is 1. The lowest BCUT2D eigenvalue weighted by atomic mass is 10.00. The van der Waals surface area contributed by atoms with Gasteiger partial charge in [0, 0.05) is 18.1 Å². The van der Waals surface area contributed by atoms with E-state index in [4.69, 9.17) is 0 Å². The molecule has 0 bridgehead atoms. The van der Waals surface area contributed by atoms with Crippen molar-refractivity contribution in [3.05, 3.63) is 51.5 Å². The van der Waals surface area contributed by atoms with Crippen LogP contribution in [0.1, 0.15) is 47.8 Å². The number of aryl methyl sites for hydroxylation is 1. The molecule has 0 aliphatic heterocycles. The van der Waals surface area contributed by atoms with Crippen LogP contribution in [-0.4, -0.2) is 18.0 Å². The van der Waals surface area contributed by atoms with Crippen molar-refractivity contribution >= 4 is 41.3 Å². The summed E-state index contributed by atoms with van der Waals surface area (Å²) in [7, 11) is 1.80. The normalized spacial score (nSPS) is 12.6. The highest BCUT2D eigenvalue weighted by molar-refractivity contribution is 14.0. The fourth-order valence-electron chi connectivity index (χ4n) is 2.55. The first-order valence-corrected chi connectivity index (χ1v) is 9.27. The molecule has 6 heteroatoms. The lowest BCUT2D eigenvalue weighted by molar-refractivity contribution is 0.645. The van der Waals surface area contributed by atoms with Crippen LogP contribution in [0.5, 0.6) is 0 Å². The second-order valence-corrected chi connectivity index (χ2v) is 7.80. The van der Waals surface area contributed by atoms with E-state index in [1.54, 1.807) is 18.4 Å². The minimum atomic E-state index is 0. The molecule has 0 saturated carbocycles. The minimum absolute atomic E-state index is 0. The van der Waals surface area contributed by atoms with Gasteiger partial charge in [0.1, 0.15) is 0 Å². The topological polar surface area (TPSA) is 49.3 Å². The van der Waals surface area contributed by atoms with Gasteiger partial charge >= 0.3 is 0 Å². The third-order valence-corrected chi connectivity index (χ3v) is 4.71. The number of hydrogen-bond acceptors (Lipinski definition) is 3. The Kier molecular flexibility index (Phi) is 9.42. The molecular formula is C19H29IN4S. The van der Waals surface area contributed by atoms with Gasteiger partial charge in [0.25, 0.3) is 0 Å². The van der Waals surface area contributed by atoms with Crippen LogP contribution in [0.15, 0.2) is 35.5 Å². The summed E-state index contributed by atoms with van der Waals surface area (Å²) in [5, 5.41) is 7.88. The van der Waals surface area contributed by atoms with Crippen molar-refractivity contribution in [2.75, 3.05) is 7.05 Å². The van der Waals surface area contributed by atoms with E-state index in [0.717, 1.165) is 23.9 Å². The Morgan fingerprint density at radius 2 is 1.88 bits per heavy atom. The molecule has 4 nitrogen and oxygen atoms in total. The monoisotopic (exact) mass is 472 g/mol. The highest BCUT2D eigenvalue weighted by atomic mass is 127. The van der Waals surface area contributed by atoms with Crippen LogP contribution >= 0.6 is 35.3 Å². The van der Waals surface area contributed by atoms with Gasteiger partial charge in [-0.1, -0.05) is 38.1 Å². The van der Waals surface area contributed by atoms with Crippen molar-refractivity contribution in [3.63, 3.8) is 0 Å². The molecule has 0 amide bonds. The Labute approximate surface area is 172 Å². The minimum Gasteiger partial charge on any atom is -0.351 e. The van der Waals surface area contributed by atoms with E-state index in [2.05, 4.69) is 65.6 Å². The molecule has 0 aliphatic carbocycles. The summed E-state index contributed by atoms with van der Waals surface area (Å²) < 4.78 is 0. The maximum Gasteiger partial charge on any atom is 0.191 e. The zero-order valence-corrected chi connectivity index (χ0v) is 18.8. The van der Waals surface area contributed by atoms with Gasteiger partial charge in [-0.05, 0) is 37.3 Å². The molecule has 1 unspecified atom stereocenters. The molecule has 2 rings (SSSR count). The van der Waals surface area contributed by atoms with Gasteiger partial charge < -0.3 is 10.6 Å². The first kappa shape index (κ1) is 21.9. The predicted molar refractivity (Wildman–Crippen MR) is 119 cm³/mol. The molecule has 1 aromatic carbocycles. The number of rotatable bonds is 6. The van der Waals surface area contributed by atoms with Crippen LogP contribution in [0.3, 0.4) is 0 Å². The molecule has 1 atom stereocenters. The van der Waals surface area contributed by atoms with E-state index in [0.29, 0.717) is 5.92 Å². The first-order valence-electron chi connectivity index (χ1n) is 8.45. The SMILES string of the molecule is CN=C(NCc1cnc(C)s1)NC(C)c1ccc(CC(C)C)cc1.I. The van der Waals surface area contributed by atoms with Crippen molar-refractivity contribution in [3.8, 4) is 0 Å². The number of aliphatic imine (C=N–C) groups is 1. The lowest BCUT2D eigenvalue weighted by Crippen LogP contribution is -2.38. The molecule has 0 aliphatic rings. The van der Waals surface area contributed by atoms with Gasteiger partial charge in [0.15, 0.2) is 5.96 Å². The number of nitrogens with zero attached hydrogens (tertiary/aromatic N) is 2. The summed E-state index contributed by atoms with van der Waals surface area (Å²) in [6.45, 7) is 9.41. The van der Waals surface area contributed by atoms with E-state index in [-0.39, 0.29) is 30.0 Å². The molecule has 2 N–H and O–H groups in total. The molecule has 1 heterocycles. The molecular weight excluding hydrogens is 443 g/mol. The highest BCUT2D eigenvalue weighted by Crippen LogP contribution is 2.16. The Morgan fingerprint density at radius 3 is 2.40 bits per heavy atom. The first-order chi connectivity index (χ1) is 11.5. The predicted octanol–water partition coefficient (Wildman–Crippen LogP) is 4.69. The third-order valence-electron chi connectivity index (χ3n) is 3.80. The average molecular weight is 472 g/mol. The Morgan fingerprint density at radius 1 is 1.20 bits per heavy atom. The van der Waals surface area contributed by atoms with Gasteiger partial charge in [0.2, 0.25) is 0 Å². The fraction of sp³-hybridized carbons (Fsp3) is 0.474. The van der Waals surface area contributed by atoms with E-state index in [1.165, 1.54) is 16.0 Å². The second kappa shape index (κ2) is 10.8. The summed E-state index contributed by atoms with van der Waals surface area (Å²) in [6.07, 6.45) is 3.04. The molecule has 0 spiro atoms. The van der Waals surface area contributed by atoms with Crippen LogP contribution in [0.25, 0.3) is 0 Å². The summed E-state index contributed by atoms with van der Waals surface area (Å²) in [5.74, 6) is 1.49. The molecule has 138 valence electrons. The lowest BCUT2D eigenvalue weighted by Gasteiger charge is -2.18. The van der Waals surface area contributed by atoms with Gasteiger partial charge in [-0.15, -0.1) is 35.3 Å². The number of hydrogen-bond donors (Lipinski definition) is 2. The second-order valence-electron chi connectivity index (χ2n) is 6.48. The van der Waals surface area contributed by atoms with Gasteiger partial charge in [-0.2, -0.15) is 0 Å². The van der Waals surface area contributed by atoms with Gasteiger partial charge in [-0.25, -0.2) is 4.98 Å². The Balaban J connectivity index is 0.00000312. The zero-order chi connectivity index (χ0) is 17.5.